The number of hydrogen-bond donors (Lipinski definition) is 1. The Bertz CT molecular complexity index is 1130. The summed E-state index contributed by atoms with van der Waals surface area (Å²) in [4.78, 5) is 30.6. The molecule has 0 radical (unpaired) electrons. The van der Waals surface area contributed by atoms with Gasteiger partial charge >= 0.3 is 0 Å². The lowest BCUT2D eigenvalue weighted by Gasteiger charge is -2.36. The van der Waals surface area contributed by atoms with Crippen molar-refractivity contribution in [2.24, 2.45) is 0 Å². The number of piperidine rings is 1. The van der Waals surface area contributed by atoms with Crippen molar-refractivity contribution in [2.75, 3.05) is 18.4 Å². The molecule has 0 bridgehead atoms. The number of rotatable bonds is 4. The Morgan fingerprint density at radius 1 is 1.09 bits per heavy atom. The quantitative estimate of drug-likeness (QED) is 0.644. The van der Waals surface area contributed by atoms with Gasteiger partial charge in [-0.25, -0.2) is 9.97 Å². The number of anilines is 2. The maximum Gasteiger partial charge on any atom is 0.253 e. The van der Waals surface area contributed by atoms with Crippen LogP contribution < -0.4 is 5.32 Å². The van der Waals surface area contributed by atoms with E-state index in [1.165, 1.54) is 5.56 Å². The van der Waals surface area contributed by atoms with Crippen molar-refractivity contribution in [3.05, 3.63) is 76.3 Å². The molecule has 1 fully saturated rings. The van der Waals surface area contributed by atoms with Crippen LogP contribution in [-0.4, -0.2) is 49.8 Å². The van der Waals surface area contributed by atoms with Crippen LogP contribution in [0.15, 0.2) is 48.8 Å². The van der Waals surface area contributed by atoms with Gasteiger partial charge in [-0.2, -0.15) is 0 Å². The Kier molecular flexibility index (Phi) is 5.76. The molecule has 7 nitrogen and oxygen atoms in total. The van der Waals surface area contributed by atoms with Gasteiger partial charge in [0, 0.05) is 72.1 Å². The summed E-state index contributed by atoms with van der Waals surface area (Å²) in [5, 5.41) is 3.94. The molecule has 2 aliphatic rings. The summed E-state index contributed by atoms with van der Waals surface area (Å²) >= 11 is 5.96. The molecule has 0 aliphatic carbocycles. The first-order chi connectivity index (χ1) is 15.5. The second-order valence-corrected chi connectivity index (χ2v) is 8.85. The van der Waals surface area contributed by atoms with Crippen LogP contribution in [0.3, 0.4) is 0 Å². The van der Waals surface area contributed by atoms with Crippen molar-refractivity contribution in [2.45, 2.75) is 38.9 Å². The molecule has 1 N–H and O–H groups in total. The lowest BCUT2D eigenvalue weighted by Crippen LogP contribution is -2.45. The number of halogens is 1. The van der Waals surface area contributed by atoms with E-state index in [0.717, 1.165) is 61.7 Å². The number of amides is 1. The lowest BCUT2D eigenvalue weighted by molar-refractivity contribution is 0.0613. The van der Waals surface area contributed by atoms with E-state index in [1.54, 1.807) is 12.3 Å². The van der Waals surface area contributed by atoms with Crippen LogP contribution in [0.5, 0.6) is 0 Å². The molecule has 4 heterocycles. The number of aryl methyl sites for hydroxylation is 1. The molecule has 32 heavy (non-hydrogen) atoms. The van der Waals surface area contributed by atoms with Gasteiger partial charge < -0.3 is 10.2 Å². The van der Waals surface area contributed by atoms with Gasteiger partial charge in [0.25, 0.3) is 5.91 Å². The van der Waals surface area contributed by atoms with Crippen molar-refractivity contribution in [3.63, 3.8) is 0 Å². The van der Waals surface area contributed by atoms with Crippen LogP contribution >= 0.6 is 11.6 Å². The third kappa shape index (κ3) is 4.45. The SMILES string of the molecule is Cc1cc(C(=O)N2CCC(N3Cc4cnc(Nc5ccc(Cl)cc5)nc4C3)CC2)ccn1. The minimum atomic E-state index is 0.0995. The summed E-state index contributed by atoms with van der Waals surface area (Å²) in [6, 6.07) is 11.6. The number of carbonyl (C=O) groups is 1. The zero-order valence-corrected chi connectivity index (χ0v) is 18.7. The number of carbonyl (C=O) groups excluding carboxylic acids is 1. The van der Waals surface area contributed by atoms with Crippen LogP contribution in [0.25, 0.3) is 0 Å². The van der Waals surface area contributed by atoms with E-state index >= 15 is 0 Å². The van der Waals surface area contributed by atoms with Gasteiger partial charge in [0.05, 0.1) is 5.69 Å². The van der Waals surface area contributed by atoms with Crippen LogP contribution in [0.4, 0.5) is 11.6 Å². The van der Waals surface area contributed by atoms with Crippen LogP contribution in [0, 0.1) is 6.92 Å². The summed E-state index contributed by atoms with van der Waals surface area (Å²) in [7, 11) is 0. The van der Waals surface area contributed by atoms with Crippen molar-refractivity contribution >= 4 is 29.1 Å². The molecule has 164 valence electrons. The summed E-state index contributed by atoms with van der Waals surface area (Å²) < 4.78 is 0. The Labute approximate surface area is 192 Å². The van der Waals surface area contributed by atoms with E-state index in [4.69, 9.17) is 16.6 Å². The van der Waals surface area contributed by atoms with E-state index in [0.29, 0.717) is 17.0 Å². The minimum Gasteiger partial charge on any atom is -0.339 e. The van der Waals surface area contributed by atoms with Crippen molar-refractivity contribution in [3.8, 4) is 0 Å². The van der Waals surface area contributed by atoms with E-state index < -0.39 is 0 Å². The van der Waals surface area contributed by atoms with Crippen LogP contribution in [0.1, 0.15) is 40.2 Å². The molecule has 2 aliphatic heterocycles. The molecule has 1 saturated heterocycles. The van der Waals surface area contributed by atoms with Crippen molar-refractivity contribution < 1.29 is 4.79 Å². The molecule has 5 rings (SSSR count). The highest BCUT2D eigenvalue weighted by molar-refractivity contribution is 6.30. The Balaban J connectivity index is 1.18. The van der Waals surface area contributed by atoms with E-state index in [9.17, 15) is 4.79 Å². The zero-order chi connectivity index (χ0) is 22.1. The zero-order valence-electron chi connectivity index (χ0n) is 18.0. The fourth-order valence-corrected chi connectivity index (χ4v) is 4.58. The minimum absolute atomic E-state index is 0.0995. The molecular formula is C24H25ClN6O. The van der Waals surface area contributed by atoms with Gasteiger partial charge in [-0.1, -0.05) is 11.6 Å². The van der Waals surface area contributed by atoms with Gasteiger partial charge in [-0.15, -0.1) is 0 Å². The fraction of sp³-hybridized carbons (Fsp3) is 0.333. The first-order valence-corrected chi connectivity index (χ1v) is 11.3. The number of pyridine rings is 1. The van der Waals surface area contributed by atoms with Crippen molar-refractivity contribution in [1.29, 1.82) is 0 Å². The highest BCUT2D eigenvalue weighted by Crippen LogP contribution is 2.28. The molecule has 0 unspecified atom stereocenters. The molecule has 0 atom stereocenters. The number of fused-ring (bicyclic) bond motifs is 1. The summed E-state index contributed by atoms with van der Waals surface area (Å²) in [5.74, 6) is 0.698. The molecule has 0 saturated carbocycles. The highest BCUT2D eigenvalue weighted by atomic mass is 35.5. The molecule has 0 spiro atoms. The third-order valence-electron chi connectivity index (χ3n) is 6.19. The van der Waals surface area contributed by atoms with Gasteiger partial charge in [0.15, 0.2) is 0 Å². The van der Waals surface area contributed by atoms with Crippen molar-refractivity contribution in [1.82, 2.24) is 24.8 Å². The smallest absolute Gasteiger partial charge is 0.253 e. The topological polar surface area (TPSA) is 74.2 Å². The Morgan fingerprint density at radius 2 is 1.88 bits per heavy atom. The number of benzene rings is 1. The standard InChI is InChI=1S/C24H25ClN6O/c1-16-12-17(6-9-26-16)23(32)30-10-7-21(8-11-30)31-14-18-13-27-24(29-22(18)15-31)28-20-4-2-19(25)3-5-20/h2-6,9,12-13,21H,7-8,10-11,14-15H2,1H3,(H,27,28,29). The number of likely N-dealkylation sites (tertiary alicyclic amines) is 1. The van der Waals surface area contributed by atoms with Crippen LogP contribution in [0.2, 0.25) is 5.02 Å². The normalized spacial score (nSPS) is 16.8. The second-order valence-electron chi connectivity index (χ2n) is 8.41. The molecule has 8 heteroatoms. The molecule has 1 aromatic carbocycles. The van der Waals surface area contributed by atoms with E-state index in [-0.39, 0.29) is 5.91 Å². The van der Waals surface area contributed by atoms with Gasteiger partial charge in [-0.3, -0.25) is 14.7 Å². The van der Waals surface area contributed by atoms with Gasteiger partial charge in [-0.05, 0) is 56.2 Å². The summed E-state index contributed by atoms with van der Waals surface area (Å²) in [6.07, 6.45) is 5.55. The largest absolute Gasteiger partial charge is 0.339 e. The molecule has 2 aromatic heterocycles. The number of nitrogens with one attached hydrogen (secondary N) is 1. The maximum absolute atomic E-state index is 12.8. The average molecular weight is 449 g/mol. The van der Waals surface area contributed by atoms with E-state index in [1.807, 2.05) is 48.4 Å². The van der Waals surface area contributed by atoms with Crippen LogP contribution in [-0.2, 0) is 13.1 Å². The lowest BCUT2D eigenvalue weighted by atomic mass is 10.0. The first kappa shape index (κ1) is 20.8. The third-order valence-corrected chi connectivity index (χ3v) is 6.44. The molecule has 1 amide bonds. The van der Waals surface area contributed by atoms with E-state index in [2.05, 4.69) is 20.2 Å². The first-order valence-electron chi connectivity index (χ1n) is 10.9. The molecular weight excluding hydrogens is 424 g/mol. The monoisotopic (exact) mass is 448 g/mol. The number of nitrogens with zero attached hydrogens (tertiary/aromatic N) is 5. The van der Waals surface area contributed by atoms with Gasteiger partial charge in [0.1, 0.15) is 0 Å². The predicted molar refractivity (Wildman–Crippen MR) is 124 cm³/mol. The summed E-state index contributed by atoms with van der Waals surface area (Å²) in [5.41, 5.74) is 4.75. The number of aromatic nitrogens is 3. The predicted octanol–water partition coefficient (Wildman–Crippen LogP) is 4.20. The van der Waals surface area contributed by atoms with Gasteiger partial charge in [0.2, 0.25) is 5.95 Å². The highest BCUT2D eigenvalue weighted by Gasteiger charge is 2.31. The average Bonchev–Trinajstić information content (AvgIpc) is 3.24. The summed E-state index contributed by atoms with van der Waals surface area (Å²) in [6.45, 7) is 5.13. The maximum atomic E-state index is 12.8. The second kappa shape index (κ2) is 8.84. The number of hydrogen-bond acceptors (Lipinski definition) is 6. The Morgan fingerprint density at radius 3 is 2.62 bits per heavy atom. The Hall–Kier alpha value is -3.03. The fourth-order valence-electron chi connectivity index (χ4n) is 4.45. The molecule has 3 aromatic rings.